The van der Waals surface area contributed by atoms with E-state index in [0.29, 0.717) is 12.6 Å². The van der Waals surface area contributed by atoms with Crippen molar-refractivity contribution in [2.24, 2.45) is 0 Å². The van der Waals surface area contributed by atoms with Crippen molar-refractivity contribution in [2.45, 2.75) is 37.4 Å². The number of ether oxygens (including phenoxy) is 1. The van der Waals surface area contributed by atoms with Crippen molar-refractivity contribution < 1.29 is 26.7 Å². The first kappa shape index (κ1) is 24.2. The summed E-state index contributed by atoms with van der Waals surface area (Å²) in [5.41, 5.74) is 2.09. The number of nitrogens with zero attached hydrogens (tertiary/aromatic N) is 1. The molecule has 3 rings (SSSR count). The molecule has 0 aliphatic carbocycles. The Labute approximate surface area is 186 Å². The normalized spacial score (nSPS) is 17.3. The van der Waals surface area contributed by atoms with Gasteiger partial charge in [-0.1, -0.05) is 24.3 Å². The van der Waals surface area contributed by atoms with Crippen LogP contribution in [-0.4, -0.2) is 51.6 Å². The Balaban J connectivity index is 1.44. The third kappa shape index (κ3) is 7.06. The second kappa shape index (κ2) is 11.0. The highest BCUT2D eigenvalue weighted by molar-refractivity contribution is 7.89. The molecule has 2 aromatic carbocycles. The summed E-state index contributed by atoms with van der Waals surface area (Å²) < 4.78 is 58.3. The topological polar surface area (TPSA) is 87.7 Å². The zero-order chi connectivity index (χ0) is 23.1. The van der Waals surface area contributed by atoms with E-state index in [4.69, 9.17) is 4.74 Å². The summed E-state index contributed by atoms with van der Waals surface area (Å²) in [5, 5.41) is 2.76. The molecule has 1 aliphatic rings. The number of benzene rings is 2. The molecular formula is C22H27F2N3O4S. The van der Waals surface area contributed by atoms with Crippen molar-refractivity contribution in [3.05, 3.63) is 65.2 Å². The lowest BCUT2D eigenvalue weighted by Crippen LogP contribution is -2.40. The minimum atomic E-state index is -4.04. The molecule has 1 fully saturated rings. The number of halogens is 2. The number of nitrogens with one attached hydrogen (secondary N) is 2. The third-order valence-electron chi connectivity index (χ3n) is 5.06. The molecule has 1 amide bonds. The highest BCUT2D eigenvalue weighted by Crippen LogP contribution is 2.14. The van der Waals surface area contributed by atoms with E-state index in [-0.39, 0.29) is 25.0 Å². The molecule has 0 aromatic heterocycles. The number of carbonyl (C=O) groups is 1. The molecule has 0 bridgehead atoms. The number of sulfonamides is 1. The Morgan fingerprint density at radius 2 is 1.94 bits per heavy atom. The van der Waals surface area contributed by atoms with Gasteiger partial charge >= 0.3 is 0 Å². The molecular weight excluding hydrogens is 440 g/mol. The zero-order valence-electron chi connectivity index (χ0n) is 17.8. The maximum atomic E-state index is 13.3. The molecule has 174 valence electrons. The van der Waals surface area contributed by atoms with Gasteiger partial charge in [-0.15, -0.1) is 0 Å². The minimum absolute atomic E-state index is 0.0890. The van der Waals surface area contributed by atoms with E-state index in [0.717, 1.165) is 49.5 Å². The van der Waals surface area contributed by atoms with Crippen LogP contribution in [0.5, 0.6) is 0 Å². The van der Waals surface area contributed by atoms with Gasteiger partial charge in [0.1, 0.15) is 0 Å². The Hall–Kier alpha value is -2.40. The largest absolute Gasteiger partial charge is 0.376 e. The van der Waals surface area contributed by atoms with Gasteiger partial charge in [-0.25, -0.2) is 21.9 Å². The van der Waals surface area contributed by atoms with E-state index >= 15 is 0 Å². The summed E-state index contributed by atoms with van der Waals surface area (Å²) in [6, 6.07) is 10.2. The van der Waals surface area contributed by atoms with Crippen LogP contribution in [0.1, 0.15) is 24.5 Å². The fraction of sp³-hybridized carbons (Fsp3) is 0.409. The average molecular weight is 468 g/mol. The summed E-state index contributed by atoms with van der Waals surface area (Å²) in [5.74, 6) is -2.71. The van der Waals surface area contributed by atoms with E-state index in [1.54, 1.807) is 0 Å². The van der Waals surface area contributed by atoms with Crippen molar-refractivity contribution in [2.75, 3.05) is 26.2 Å². The first-order valence-corrected chi connectivity index (χ1v) is 11.8. The molecule has 1 atom stereocenters. The number of carbonyl (C=O) groups excluding carboxylic acids is 1. The molecule has 0 radical (unpaired) electrons. The van der Waals surface area contributed by atoms with Gasteiger partial charge in [0.25, 0.3) is 0 Å². The molecule has 32 heavy (non-hydrogen) atoms. The van der Waals surface area contributed by atoms with Crippen LogP contribution >= 0.6 is 0 Å². The van der Waals surface area contributed by atoms with Gasteiger partial charge in [-0.3, -0.25) is 9.69 Å². The second-order valence-electron chi connectivity index (χ2n) is 7.74. The smallest absolute Gasteiger partial charge is 0.240 e. The highest BCUT2D eigenvalue weighted by atomic mass is 32.2. The summed E-state index contributed by atoms with van der Waals surface area (Å²) in [4.78, 5) is 14.0. The number of morpholine rings is 1. The first-order chi connectivity index (χ1) is 15.2. The molecule has 1 unspecified atom stereocenters. The van der Waals surface area contributed by atoms with Crippen molar-refractivity contribution in [1.82, 2.24) is 14.9 Å². The van der Waals surface area contributed by atoms with Crippen molar-refractivity contribution in [3.8, 4) is 0 Å². The van der Waals surface area contributed by atoms with E-state index in [9.17, 15) is 22.0 Å². The Bertz CT molecular complexity index is 1050. The van der Waals surface area contributed by atoms with Crippen LogP contribution < -0.4 is 10.0 Å². The molecule has 0 saturated carbocycles. The van der Waals surface area contributed by atoms with Gasteiger partial charge in [0.2, 0.25) is 15.9 Å². The minimum Gasteiger partial charge on any atom is -0.376 e. The summed E-state index contributed by atoms with van der Waals surface area (Å²) >= 11 is 0. The molecule has 2 N–H and O–H groups in total. The Morgan fingerprint density at radius 3 is 2.69 bits per heavy atom. The Morgan fingerprint density at radius 1 is 1.16 bits per heavy atom. The fourth-order valence-corrected chi connectivity index (χ4v) is 4.49. The van der Waals surface area contributed by atoms with E-state index < -0.39 is 26.6 Å². The van der Waals surface area contributed by atoms with E-state index in [2.05, 4.69) is 21.9 Å². The van der Waals surface area contributed by atoms with E-state index in [1.165, 1.54) is 0 Å². The lowest BCUT2D eigenvalue weighted by molar-refractivity contribution is -0.121. The van der Waals surface area contributed by atoms with Crippen molar-refractivity contribution >= 4 is 15.9 Å². The molecule has 7 nitrogen and oxygen atoms in total. The number of amides is 1. The number of hydrogen-bond donors (Lipinski definition) is 2. The zero-order valence-corrected chi connectivity index (χ0v) is 18.6. The third-order valence-corrected chi connectivity index (χ3v) is 6.52. The monoisotopic (exact) mass is 467 g/mol. The van der Waals surface area contributed by atoms with Crippen LogP contribution in [0.25, 0.3) is 0 Å². The quantitative estimate of drug-likeness (QED) is 0.590. The molecule has 0 spiro atoms. The van der Waals surface area contributed by atoms with Crippen LogP contribution in [0.2, 0.25) is 0 Å². The molecule has 10 heteroatoms. The standard InChI is InChI=1S/C22H27F2N3O4S/c1-16-14-27(9-10-31-16)15-18-4-2-3-17(11-18)13-25-22(28)7-8-26-32(29,30)19-5-6-20(23)21(24)12-19/h2-6,11-12,16,26H,7-10,13-15H2,1H3,(H,25,28). The lowest BCUT2D eigenvalue weighted by Gasteiger charge is -2.31. The maximum absolute atomic E-state index is 13.3. The SMILES string of the molecule is CC1CN(Cc2cccc(CNC(=O)CCNS(=O)(=O)c3ccc(F)c(F)c3)c2)CCO1. The van der Waals surface area contributed by atoms with Crippen LogP contribution in [-0.2, 0) is 32.6 Å². The highest BCUT2D eigenvalue weighted by Gasteiger charge is 2.18. The first-order valence-electron chi connectivity index (χ1n) is 10.4. The van der Waals surface area contributed by atoms with Crippen molar-refractivity contribution in [3.63, 3.8) is 0 Å². The van der Waals surface area contributed by atoms with Gasteiger partial charge < -0.3 is 10.1 Å². The second-order valence-corrected chi connectivity index (χ2v) is 9.50. The average Bonchev–Trinajstić information content (AvgIpc) is 2.74. The van der Waals surface area contributed by atoms with Gasteiger partial charge in [-0.05, 0) is 36.2 Å². The molecule has 2 aromatic rings. The number of hydrogen-bond acceptors (Lipinski definition) is 5. The number of rotatable bonds is 9. The molecule has 1 heterocycles. The van der Waals surface area contributed by atoms with E-state index in [1.807, 2.05) is 24.3 Å². The fourth-order valence-electron chi connectivity index (χ4n) is 3.45. The summed E-state index contributed by atoms with van der Waals surface area (Å²) in [6.07, 6.45) is 0.125. The summed E-state index contributed by atoms with van der Waals surface area (Å²) in [7, 11) is -4.04. The van der Waals surface area contributed by atoms with Crippen LogP contribution in [0.3, 0.4) is 0 Å². The lowest BCUT2D eigenvalue weighted by atomic mass is 10.1. The predicted molar refractivity (Wildman–Crippen MR) is 115 cm³/mol. The predicted octanol–water partition coefficient (Wildman–Crippen LogP) is 2.17. The van der Waals surface area contributed by atoms with Crippen LogP contribution in [0.4, 0.5) is 8.78 Å². The maximum Gasteiger partial charge on any atom is 0.240 e. The van der Waals surface area contributed by atoms with Crippen LogP contribution in [0, 0.1) is 11.6 Å². The van der Waals surface area contributed by atoms with Gasteiger partial charge in [0.05, 0.1) is 17.6 Å². The van der Waals surface area contributed by atoms with Crippen molar-refractivity contribution in [1.29, 1.82) is 0 Å². The van der Waals surface area contributed by atoms with Crippen LogP contribution in [0.15, 0.2) is 47.4 Å². The molecule has 1 saturated heterocycles. The Kier molecular flexibility index (Phi) is 8.30. The summed E-state index contributed by atoms with van der Waals surface area (Å²) in [6.45, 7) is 5.49. The van der Waals surface area contributed by atoms with Gasteiger partial charge in [0, 0.05) is 39.1 Å². The van der Waals surface area contributed by atoms with Gasteiger partial charge in [0.15, 0.2) is 11.6 Å². The molecule has 1 aliphatic heterocycles. The van der Waals surface area contributed by atoms with Gasteiger partial charge in [-0.2, -0.15) is 0 Å².